The van der Waals surface area contributed by atoms with Crippen molar-refractivity contribution in [2.24, 2.45) is 4.99 Å². The molecular formula is C27H22N4O. The van der Waals surface area contributed by atoms with Gasteiger partial charge < -0.3 is 5.73 Å². The van der Waals surface area contributed by atoms with Gasteiger partial charge in [0.2, 0.25) is 0 Å². The molecule has 0 radical (unpaired) electrons. The number of nitrogen functional groups attached to an aromatic ring is 1. The minimum Gasteiger partial charge on any atom is -0.397 e. The molecule has 0 aliphatic rings. The standard InChI is InChI=1S/C27H22N4O/c1-18-25(27(32)31(30-18)22-14-6-3-7-15-22)26(19-10-4-2-5-11-19)29-24-17-21-13-9-8-12-20(21)16-23(24)28/h2-17,30H,28H2,1H3. The molecule has 5 heteroatoms. The highest BCUT2D eigenvalue weighted by atomic mass is 16.1. The zero-order chi connectivity index (χ0) is 22.1. The van der Waals surface area contributed by atoms with Crippen LogP contribution in [-0.2, 0) is 0 Å². The van der Waals surface area contributed by atoms with Crippen molar-refractivity contribution in [3.05, 3.63) is 124 Å². The van der Waals surface area contributed by atoms with Gasteiger partial charge in [0.05, 0.1) is 28.3 Å². The summed E-state index contributed by atoms with van der Waals surface area (Å²) in [5, 5.41) is 5.29. The highest BCUT2D eigenvalue weighted by Gasteiger charge is 2.20. The first kappa shape index (κ1) is 19.6. The monoisotopic (exact) mass is 418 g/mol. The summed E-state index contributed by atoms with van der Waals surface area (Å²) in [4.78, 5) is 18.4. The van der Waals surface area contributed by atoms with E-state index < -0.39 is 0 Å². The molecule has 0 spiro atoms. The van der Waals surface area contributed by atoms with Crippen molar-refractivity contribution >= 4 is 27.9 Å². The molecule has 32 heavy (non-hydrogen) atoms. The molecule has 0 fully saturated rings. The lowest BCUT2D eigenvalue weighted by Crippen LogP contribution is -2.21. The molecular weight excluding hydrogens is 396 g/mol. The lowest BCUT2D eigenvalue weighted by molar-refractivity contribution is 0.835. The lowest BCUT2D eigenvalue weighted by atomic mass is 10.0. The van der Waals surface area contributed by atoms with E-state index in [2.05, 4.69) is 5.10 Å². The van der Waals surface area contributed by atoms with Gasteiger partial charge in [0.25, 0.3) is 5.56 Å². The average molecular weight is 419 g/mol. The summed E-state index contributed by atoms with van der Waals surface area (Å²) in [6.45, 7) is 1.89. The fourth-order valence-corrected chi connectivity index (χ4v) is 3.91. The number of benzene rings is 4. The summed E-state index contributed by atoms with van der Waals surface area (Å²) in [5.41, 5.74) is 10.9. The molecule has 0 amide bonds. The number of nitrogens with two attached hydrogens (primary N) is 1. The van der Waals surface area contributed by atoms with Crippen molar-refractivity contribution in [2.45, 2.75) is 6.92 Å². The highest BCUT2D eigenvalue weighted by Crippen LogP contribution is 2.30. The van der Waals surface area contributed by atoms with Gasteiger partial charge in [-0.1, -0.05) is 72.8 Å². The third-order valence-electron chi connectivity index (χ3n) is 5.50. The van der Waals surface area contributed by atoms with E-state index >= 15 is 0 Å². The van der Waals surface area contributed by atoms with Gasteiger partial charge in [-0.2, -0.15) is 0 Å². The number of nitrogens with zero attached hydrogens (tertiary/aromatic N) is 2. The Morgan fingerprint density at radius 3 is 2.12 bits per heavy atom. The Morgan fingerprint density at radius 1 is 0.844 bits per heavy atom. The second kappa shape index (κ2) is 8.04. The molecule has 0 saturated carbocycles. The molecule has 4 aromatic carbocycles. The van der Waals surface area contributed by atoms with Crippen LogP contribution in [0.25, 0.3) is 16.5 Å². The Kier molecular flexibility index (Phi) is 4.92. The predicted molar refractivity (Wildman–Crippen MR) is 131 cm³/mol. The first-order valence-electron chi connectivity index (χ1n) is 10.4. The van der Waals surface area contributed by atoms with Gasteiger partial charge in [-0.3, -0.25) is 9.89 Å². The van der Waals surface area contributed by atoms with E-state index in [1.54, 1.807) is 4.68 Å². The number of nitrogens with one attached hydrogen (secondary N) is 1. The predicted octanol–water partition coefficient (Wildman–Crippen LogP) is 5.38. The lowest BCUT2D eigenvalue weighted by Gasteiger charge is -2.09. The van der Waals surface area contributed by atoms with E-state index in [9.17, 15) is 4.79 Å². The number of anilines is 1. The molecule has 0 aliphatic heterocycles. The van der Waals surface area contributed by atoms with Crippen LogP contribution >= 0.6 is 0 Å². The van der Waals surface area contributed by atoms with Crippen molar-refractivity contribution in [3.8, 4) is 5.69 Å². The maximum Gasteiger partial charge on any atom is 0.280 e. The first-order chi connectivity index (χ1) is 15.6. The largest absolute Gasteiger partial charge is 0.397 e. The number of aromatic nitrogens is 2. The van der Waals surface area contributed by atoms with Crippen molar-refractivity contribution in [1.29, 1.82) is 0 Å². The molecule has 0 unspecified atom stereocenters. The molecule has 5 aromatic rings. The van der Waals surface area contributed by atoms with Crippen LogP contribution in [0.1, 0.15) is 16.8 Å². The van der Waals surface area contributed by atoms with Gasteiger partial charge in [-0.15, -0.1) is 0 Å². The maximum absolute atomic E-state index is 13.5. The smallest absolute Gasteiger partial charge is 0.280 e. The fourth-order valence-electron chi connectivity index (χ4n) is 3.91. The van der Waals surface area contributed by atoms with Crippen LogP contribution in [0.4, 0.5) is 11.4 Å². The second-order valence-corrected chi connectivity index (χ2v) is 7.67. The first-order valence-corrected chi connectivity index (χ1v) is 10.4. The number of fused-ring (bicyclic) bond motifs is 1. The van der Waals surface area contributed by atoms with Crippen LogP contribution in [-0.4, -0.2) is 15.5 Å². The zero-order valence-electron chi connectivity index (χ0n) is 17.6. The summed E-state index contributed by atoms with van der Waals surface area (Å²) in [7, 11) is 0. The molecule has 156 valence electrons. The third kappa shape index (κ3) is 3.50. The van der Waals surface area contributed by atoms with Crippen molar-refractivity contribution in [2.75, 3.05) is 5.73 Å². The van der Waals surface area contributed by atoms with E-state index in [4.69, 9.17) is 10.7 Å². The average Bonchev–Trinajstić information content (AvgIpc) is 3.12. The van der Waals surface area contributed by atoms with Gasteiger partial charge in [0.1, 0.15) is 0 Å². The van der Waals surface area contributed by atoms with E-state index in [1.165, 1.54) is 0 Å². The summed E-state index contributed by atoms with van der Waals surface area (Å²) in [5.74, 6) is 0. The van der Waals surface area contributed by atoms with Gasteiger partial charge in [0, 0.05) is 11.3 Å². The van der Waals surface area contributed by atoms with E-state index in [0.717, 1.165) is 27.7 Å². The third-order valence-corrected chi connectivity index (χ3v) is 5.50. The topological polar surface area (TPSA) is 76.2 Å². The van der Waals surface area contributed by atoms with Crippen LogP contribution in [0.5, 0.6) is 0 Å². The Balaban J connectivity index is 1.75. The summed E-state index contributed by atoms with van der Waals surface area (Å²) >= 11 is 0. The van der Waals surface area contributed by atoms with Crippen molar-refractivity contribution in [1.82, 2.24) is 9.78 Å². The maximum atomic E-state index is 13.5. The van der Waals surface area contributed by atoms with Gasteiger partial charge in [-0.05, 0) is 42.0 Å². The molecule has 1 aromatic heterocycles. The summed E-state index contributed by atoms with van der Waals surface area (Å²) < 4.78 is 1.55. The Labute approximate surface area is 185 Å². The summed E-state index contributed by atoms with van der Waals surface area (Å²) in [6, 6.07) is 31.1. The quantitative estimate of drug-likeness (QED) is 0.304. The molecule has 0 atom stereocenters. The Bertz CT molecular complexity index is 1500. The SMILES string of the molecule is Cc1[nH]n(-c2ccccc2)c(=O)c1C(=Nc1cc2ccccc2cc1N)c1ccccc1. The van der Waals surface area contributed by atoms with Gasteiger partial charge in [-0.25, -0.2) is 9.67 Å². The molecule has 5 rings (SSSR count). The Morgan fingerprint density at radius 2 is 1.44 bits per heavy atom. The molecule has 3 N–H and O–H groups in total. The number of hydrogen-bond donors (Lipinski definition) is 2. The van der Waals surface area contributed by atoms with Crippen molar-refractivity contribution < 1.29 is 0 Å². The minimum atomic E-state index is -0.157. The number of aromatic amines is 1. The van der Waals surface area contributed by atoms with Crippen LogP contribution in [0.3, 0.4) is 0 Å². The number of aliphatic imine (C=N–C) groups is 1. The van der Waals surface area contributed by atoms with Crippen LogP contribution in [0.15, 0.2) is 107 Å². The minimum absolute atomic E-state index is 0.157. The molecule has 0 saturated heterocycles. The molecule has 0 aliphatic carbocycles. The molecule has 5 nitrogen and oxygen atoms in total. The zero-order valence-corrected chi connectivity index (χ0v) is 17.6. The van der Waals surface area contributed by atoms with Crippen LogP contribution in [0.2, 0.25) is 0 Å². The molecule has 1 heterocycles. The highest BCUT2D eigenvalue weighted by molar-refractivity contribution is 6.15. The van der Waals surface area contributed by atoms with E-state index in [1.807, 2.05) is 104 Å². The number of rotatable bonds is 4. The van der Waals surface area contributed by atoms with E-state index in [-0.39, 0.29) is 5.56 Å². The van der Waals surface area contributed by atoms with Crippen LogP contribution in [0, 0.1) is 6.92 Å². The summed E-state index contributed by atoms with van der Waals surface area (Å²) in [6.07, 6.45) is 0. The van der Waals surface area contributed by atoms with Crippen LogP contribution < -0.4 is 11.3 Å². The van der Waals surface area contributed by atoms with Gasteiger partial charge in [0.15, 0.2) is 0 Å². The van der Waals surface area contributed by atoms with Gasteiger partial charge >= 0.3 is 0 Å². The van der Waals surface area contributed by atoms with E-state index in [0.29, 0.717) is 22.6 Å². The molecule has 0 bridgehead atoms. The fraction of sp³-hybridized carbons (Fsp3) is 0.0370. The van der Waals surface area contributed by atoms with Crippen molar-refractivity contribution in [3.63, 3.8) is 0 Å². The number of H-pyrrole nitrogens is 1. The Hall–Kier alpha value is -4.38. The number of hydrogen-bond acceptors (Lipinski definition) is 3. The number of para-hydroxylation sites is 1. The normalized spacial score (nSPS) is 11.7. The second-order valence-electron chi connectivity index (χ2n) is 7.67. The number of aryl methyl sites for hydroxylation is 1.